The number of hydrogen-bond donors (Lipinski definition) is 0. The third-order valence-corrected chi connectivity index (χ3v) is 6.49. The fourth-order valence-electron chi connectivity index (χ4n) is 5.12. The van der Waals surface area contributed by atoms with Gasteiger partial charge in [0.25, 0.3) is 11.8 Å². The van der Waals surface area contributed by atoms with Crippen molar-refractivity contribution < 1.29 is 23.1 Å². The van der Waals surface area contributed by atoms with Crippen LogP contribution in [0.5, 0.6) is 0 Å². The lowest BCUT2D eigenvalue weighted by Crippen LogP contribution is -2.53. The molecule has 1 unspecified atom stereocenters. The van der Waals surface area contributed by atoms with E-state index in [1.807, 2.05) is 26.8 Å². The number of carbonyl (C=O) groups is 2. The number of amides is 2. The number of benzene rings is 2. The molecule has 176 valence electrons. The van der Waals surface area contributed by atoms with Crippen molar-refractivity contribution in [2.45, 2.75) is 38.8 Å². The van der Waals surface area contributed by atoms with Crippen LogP contribution in [0.15, 0.2) is 51.7 Å². The summed E-state index contributed by atoms with van der Waals surface area (Å²) in [7, 11) is 0. The Kier molecular flexibility index (Phi) is 5.28. The molecule has 8 heteroatoms. The molecule has 7 nitrogen and oxygen atoms in total. The van der Waals surface area contributed by atoms with Gasteiger partial charge in [-0.1, -0.05) is 18.2 Å². The Morgan fingerprint density at radius 2 is 1.88 bits per heavy atom. The van der Waals surface area contributed by atoms with Crippen LogP contribution in [-0.2, 0) is 15.1 Å². The third-order valence-electron chi connectivity index (χ3n) is 6.49. The maximum Gasteiger partial charge on any atom is 0.291 e. The van der Waals surface area contributed by atoms with E-state index in [0.717, 1.165) is 6.07 Å². The maximum absolute atomic E-state index is 14.1. The number of hydrogen-bond acceptors (Lipinski definition) is 5. The first kappa shape index (κ1) is 22.3. The van der Waals surface area contributed by atoms with E-state index < -0.39 is 28.6 Å². The van der Waals surface area contributed by atoms with Gasteiger partial charge in [-0.05, 0) is 51.5 Å². The van der Waals surface area contributed by atoms with Crippen LogP contribution in [0.3, 0.4) is 0 Å². The molecule has 0 saturated carbocycles. The van der Waals surface area contributed by atoms with E-state index in [-0.39, 0.29) is 34.9 Å². The monoisotopic (exact) mass is 464 g/mol. The molecule has 2 aromatic carbocycles. The molecule has 0 N–H and O–H groups in total. The normalized spacial score (nSPS) is 19.1. The molecule has 0 bridgehead atoms. The van der Waals surface area contributed by atoms with Gasteiger partial charge >= 0.3 is 0 Å². The number of carbonyl (C=O) groups excluding carboxylic acids is 2. The van der Waals surface area contributed by atoms with E-state index in [4.69, 9.17) is 9.15 Å². The zero-order valence-electron chi connectivity index (χ0n) is 19.3. The van der Waals surface area contributed by atoms with Crippen LogP contribution in [0.2, 0.25) is 0 Å². The van der Waals surface area contributed by atoms with Gasteiger partial charge in [-0.15, -0.1) is 0 Å². The van der Waals surface area contributed by atoms with Crippen molar-refractivity contribution >= 4 is 28.5 Å². The molecule has 0 fully saturated rings. The molecule has 2 aliphatic rings. The van der Waals surface area contributed by atoms with Crippen molar-refractivity contribution in [3.63, 3.8) is 0 Å². The Hall–Kier alpha value is -3.52. The van der Waals surface area contributed by atoms with Crippen molar-refractivity contribution in [1.29, 1.82) is 0 Å². The van der Waals surface area contributed by atoms with Crippen LogP contribution in [0.4, 0.5) is 10.1 Å². The molecular formula is C26H25FN2O5. The smallest absolute Gasteiger partial charge is 0.291 e. The quantitative estimate of drug-likeness (QED) is 0.519. The minimum Gasteiger partial charge on any atom is -0.450 e. The van der Waals surface area contributed by atoms with E-state index >= 15 is 0 Å². The molecule has 3 aromatic rings. The molecule has 2 aliphatic heterocycles. The Morgan fingerprint density at radius 3 is 2.62 bits per heavy atom. The van der Waals surface area contributed by atoms with Crippen LogP contribution < -0.4 is 10.3 Å². The molecule has 0 aliphatic carbocycles. The Bertz CT molecular complexity index is 1380. The first-order valence-electron chi connectivity index (χ1n) is 11.4. The molecule has 0 saturated heterocycles. The van der Waals surface area contributed by atoms with Gasteiger partial charge in [0.2, 0.25) is 5.76 Å². The molecule has 34 heavy (non-hydrogen) atoms. The molecule has 1 spiro atoms. The van der Waals surface area contributed by atoms with Crippen molar-refractivity contribution in [3.05, 3.63) is 75.4 Å². The number of likely N-dealkylation sites (N-methyl/N-ethyl adjacent to an activating group) is 1. The predicted molar refractivity (Wildman–Crippen MR) is 124 cm³/mol. The average Bonchev–Trinajstić information content (AvgIpc) is 3.21. The number of anilines is 1. The highest BCUT2D eigenvalue weighted by atomic mass is 19.1. The van der Waals surface area contributed by atoms with Crippen LogP contribution in [-0.4, -0.2) is 42.5 Å². The zero-order valence-corrected chi connectivity index (χ0v) is 19.3. The van der Waals surface area contributed by atoms with Crippen LogP contribution >= 0.6 is 0 Å². The Labute approximate surface area is 195 Å². The minimum absolute atomic E-state index is 0.00357. The minimum atomic E-state index is -1.67. The van der Waals surface area contributed by atoms with Gasteiger partial charge in [0, 0.05) is 25.3 Å². The van der Waals surface area contributed by atoms with Gasteiger partial charge in [-0.2, -0.15) is 0 Å². The lowest BCUT2D eigenvalue weighted by Gasteiger charge is -2.34. The van der Waals surface area contributed by atoms with Gasteiger partial charge in [-0.25, -0.2) is 4.39 Å². The van der Waals surface area contributed by atoms with Crippen molar-refractivity contribution in [3.8, 4) is 0 Å². The first-order valence-corrected chi connectivity index (χ1v) is 11.4. The topological polar surface area (TPSA) is 80.1 Å². The summed E-state index contributed by atoms with van der Waals surface area (Å²) in [6, 6.07) is 10.7. The van der Waals surface area contributed by atoms with Crippen molar-refractivity contribution in [1.82, 2.24) is 4.90 Å². The maximum atomic E-state index is 14.1. The summed E-state index contributed by atoms with van der Waals surface area (Å²) in [6.07, 6.45) is 0.483. The lowest BCUT2D eigenvalue weighted by atomic mass is 9.84. The van der Waals surface area contributed by atoms with Crippen LogP contribution in [0, 0.1) is 5.82 Å². The van der Waals surface area contributed by atoms with Gasteiger partial charge in [0.15, 0.2) is 11.0 Å². The summed E-state index contributed by atoms with van der Waals surface area (Å²) in [5, 5.41) is -0.00357. The standard InChI is InChI=1S/C26H25FN2O5/c1-4-28-19-9-6-5-8-18(19)26(25(28)32)21-22(30)17-14-16(27)10-11-20(17)34-23(21)24(31)29(26)12-7-13-33-15(2)3/h5-6,8-11,14-15H,4,7,12-13H2,1-3H3. The Morgan fingerprint density at radius 1 is 1.12 bits per heavy atom. The third kappa shape index (κ3) is 2.94. The number of fused-ring (bicyclic) bond motifs is 5. The molecule has 1 aromatic heterocycles. The predicted octanol–water partition coefficient (Wildman–Crippen LogP) is 3.81. The van der Waals surface area contributed by atoms with Crippen LogP contribution in [0.25, 0.3) is 11.0 Å². The fourth-order valence-corrected chi connectivity index (χ4v) is 5.12. The summed E-state index contributed by atoms with van der Waals surface area (Å²) in [4.78, 5) is 44.6. The van der Waals surface area contributed by atoms with Crippen molar-refractivity contribution in [2.75, 3.05) is 24.6 Å². The van der Waals surface area contributed by atoms with Gasteiger partial charge in [-0.3, -0.25) is 14.4 Å². The SMILES string of the molecule is CCN1C(=O)C2(c3ccccc31)c1c(oc3ccc(F)cc3c1=O)C(=O)N2CCCOC(C)C. The van der Waals surface area contributed by atoms with Crippen LogP contribution in [0.1, 0.15) is 48.9 Å². The Balaban J connectivity index is 1.78. The summed E-state index contributed by atoms with van der Waals surface area (Å²) in [6.45, 7) is 6.60. The summed E-state index contributed by atoms with van der Waals surface area (Å²) in [5.74, 6) is -1.70. The molecule has 1 atom stereocenters. The molecule has 0 radical (unpaired) electrons. The molecule has 5 rings (SSSR count). The van der Waals surface area contributed by atoms with E-state index in [1.165, 1.54) is 17.0 Å². The van der Waals surface area contributed by atoms with Gasteiger partial charge in [0.1, 0.15) is 11.4 Å². The van der Waals surface area contributed by atoms with E-state index in [0.29, 0.717) is 30.8 Å². The highest BCUT2D eigenvalue weighted by molar-refractivity contribution is 6.17. The van der Waals surface area contributed by atoms with Gasteiger partial charge in [0.05, 0.1) is 22.7 Å². The second kappa shape index (κ2) is 8.06. The second-order valence-corrected chi connectivity index (χ2v) is 8.78. The largest absolute Gasteiger partial charge is 0.450 e. The highest BCUT2D eigenvalue weighted by Gasteiger charge is 2.64. The van der Waals surface area contributed by atoms with Gasteiger partial charge < -0.3 is 19.0 Å². The highest BCUT2D eigenvalue weighted by Crippen LogP contribution is 2.52. The first-order chi connectivity index (χ1) is 16.3. The number of ether oxygens (including phenoxy) is 1. The molecule has 3 heterocycles. The van der Waals surface area contributed by atoms with Crippen molar-refractivity contribution in [2.24, 2.45) is 0 Å². The lowest BCUT2D eigenvalue weighted by molar-refractivity contribution is -0.126. The van der Waals surface area contributed by atoms with E-state index in [1.54, 1.807) is 23.1 Å². The number of nitrogens with zero attached hydrogens (tertiary/aromatic N) is 2. The number of para-hydroxylation sites is 1. The molecular weight excluding hydrogens is 439 g/mol. The average molecular weight is 464 g/mol. The summed E-state index contributed by atoms with van der Waals surface area (Å²) >= 11 is 0. The molecule has 2 amide bonds. The summed E-state index contributed by atoms with van der Waals surface area (Å²) < 4.78 is 25.6. The number of rotatable bonds is 6. The zero-order chi connectivity index (χ0) is 24.2. The number of halogens is 1. The fraction of sp³-hybridized carbons (Fsp3) is 0.346. The van der Waals surface area contributed by atoms with E-state index in [9.17, 15) is 18.8 Å². The second-order valence-electron chi connectivity index (χ2n) is 8.78. The summed E-state index contributed by atoms with van der Waals surface area (Å²) in [5.41, 5.74) is -1.01. The van der Waals surface area contributed by atoms with E-state index in [2.05, 4.69) is 0 Å².